The van der Waals surface area contributed by atoms with Crippen LogP contribution in [0.15, 0.2) is 60.7 Å². The molecule has 2 atom stereocenters. The Morgan fingerprint density at radius 1 is 1.09 bits per heavy atom. The Balaban J connectivity index is 1.74. The lowest BCUT2D eigenvalue weighted by Crippen LogP contribution is -2.52. The van der Waals surface area contributed by atoms with E-state index >= 15 is 0 Å². The fraction of sp³-hybridized carbons (Fsp3) is 0.400. The van der Waals surface area contributed by atoms with Crippen LogP contribution in [0.25, 0.3) is 0 Å². The molecule has 0 aromatic heterocycles. The number of ether oxygens (including phenoxy) is 1. The number of aliphatic hydroxyl groups is 1. The predicted molar refractivity (Wildman–Crippen MR) is 92.3 cm³/mol. The smallest absolute Gasteiger partial charge is 0.0818 e. The average molecular weight is 311 g/mol. The van der Waals surface area contributed by atoms with Crippen LogP contribution in [0.1, 0.15) is 18.1 Å². The zero-order valence-electron chi connectivity index (χ0n) is 13.7. The maximum atomic E-state index is 10.1. The minimum absolute atomic E-state index is 0.00707. The van der Waals surface area contributed by atoms with Crippen molar-refractivity contribution in [1.82, 2.24) is 4.90 Å². The summed E-state index contributed by atoms with van der Waals surface area (Å²) in [6, 6.07) is 20.7. The highest BCUT2D eigenvalue weighted by Crippen LogP contribution is 2.31. The van der Waals surface area contributed by atoms with Crippen LogP contribution in [-0.2, 0) is 16.7 Å². The molecule has 1 aliphatic rings. The summed E-state index contributed by atoms with van der Waals surface area (Å²) in [6.07, 6.45) is -0.00707. The molecule has 0 bridgehead atoms. The van der Waals surface area contributed by atoms with Gasteiger partial charge < -0.3 is 9.84 Å². The second-order valence-electron chi connectivity index (χ2n) is 6.52. The largest absolute Gasteiger partial charge is 0.395 e. The van der Waals surface area contributed by atoms with Crippen LogP contribution in [0.5, 0.6) is 0 Å². The molecular weight excluding hydrogens is 286 g/mol. The highest BCUT2D eigenvalue weighted by molar-refractivity contribution is 5.27. The molecule has 0 aliphatic carbocycles. The van der Waals surface area contributed by atoms with Gasteiger partial charge in [0.05, 0.1) is 19.3 Å². The van der Waals surface area contributed by atoms with Gasteiger partial charge in [0.15, 0.2) is 0 Å². The third-order valence-electron chi connectivity index (χ3n) is 4.87. The van der Waals surface area contributed by atoms with Crippen molar-refractivity contribution in [3.63, 3.8) is 0 Å². The molecule has 1 saturated heterocycles. The zero-order valence-corrected chi connectivity index (χ0v) is 13.7. The van der Waals surface area contributed by atoms with Gasteiger partial charge in [-0.2, -0.15) is 0 Å². The van der Waals surface area contributed by atoms with Gasteiger partial charge in [0.2, 0.25) is 0 Å². The van der Waals surface area contributed by atoms with Gasteiger partial charge in [0, 0.05) is 25.0 Å². The van der Waals surface area contributed by atoms with E-state index in [2.05, 4.69) is 48.2 Å². The molecule has 0 amide bonds. The SMILES string of the molecule is CC(CO)(c1ccccc1)C1CN(Cc2ccccc2)CCO1. The number of hydrogen-bond acceptors (Lipinski definition) is 3. The van der Waals surface area contributed by atoms with Crippen molar-refractivity contribution in [3.05, 3.63) is 71.8 Å². The van der Waals surface area contributed by atoms with Crippen LogP contribution in [0.2, 0.25) is 0 Å². The number of nitrogens with zero attached hydrogens (tertiary/aromatic N) is 1. The second kappa shape index (κ2) is 7.26. The first-order chi connectivity index (χ1) is 11.2. The van der Waals surface area contributed by atoms with Crippen molar-refractivity contribution in [3.8, 4) is 0 Å². The van der Waals surface area contributed by atoms with Gasteiger partial charge in [-0.25, -0.2) is 0 Å². The van der Waals surface area contributed by atoms with Gasteiger partial charge in [0.1, 0.15) is 0 Å². The maximum absolute atomic E-state index is 10.1. The Labute approximate surface area is 138 Å². The minimum Gasteiger partial charge on any atom is -0.395 e. The Morgan fingerprint density at radius 2 is 1.74 bits per heavy atom. The van der Waals surface area contributed by atoms with Crippen molar-refractivity contribution in [2.45, 2.75) is 25.0 Å². The van der Waals surface area contributed by atoms with Gasteiger partial charge >= 0.3 is 0 Å². The van der Waals surface area contributed by atoms with E-state index in [-0.39, 0.29) is 18.1 Å². The molecular formula is C20H25NO2. The summed E-state index contributed by atoms with van der Waals surface area (Å²) in [4.78, 5) is 2.42. The topological polar surface area (TPSA) is 32.7 Å². The van der Waals surface area contributed by atoms with Gasteiger partial charge in [-0.3, -0.25) is 4.90 Å². The summed E-state index contributed by atoms with van der Waals surface area (Å²) in [5.41, 5.74) is 2.07. The molecule has 122 valence electrons. The number of hydrogen-bond donors (Lipinski definition) is 1. The lowest BCUT2D eigenvalue weighted by molar-refractivity contribution is -0.0793. The van der Waals surface area contributed by atoms with Gasteiger partial charge in [-0.15, -0.1) is 0 Å². The highest BCUT2D eigenvalue weighted by atomic mass is 16.5. The third-order valence-corrected chi connectivity index (χ3v) is 4.87. The summed E-state index contributed by atoms with van der Waals surface area (Å²) in [5.74, 6) is 0. The quantitative estimate of drug-likeness (QED) is 0.921. The first kappa shape index (κ1) is 16.2. The highest BCUT2D eigenvalue weighted by Gasteiger charge is 2.39. The Morgan fingerprint density at radius 3 is 2.39 bits per heavy atom. The third kappa shape index (κ3) is 3.63. The molecule has 2 aromatic carbocycles. The van der Waals surface area contributed by atoms with Crippen molar-refractivity contribution in [2.75, 3.05) is 26.3 Å². The fourth-order valence-electron chi connectivity index (χ4n) is 3.27. The predicted octanol–water partition coefficient (Wildman–Crippen LogP) is 2.84. The molecule has 2 aromatic rings. The minimum atomic E-state index is -0.378. The molecule has 3 rings (SSSR count). The summed E-state index contributed by atoms with van der Waals surface area (Å²) in [7, 11) is 0. The molecule has 1 heterocycles. The fourth-order valence-corrected chi connectivity index (χ4v) is 3.27. The maximum Gasteiger partial charge on any atom is 0.0818 e. The van der Waals surface area contributed by atoms with Gasteiger partial charge in [-0.05, 0) is 11.1 Å². The Bertz CT molecular complexity index is 602. The van der Waals surface area contributed by atoms with E-state index in [0.717, 1.165) is 25.2 Å². The van der Waals surface area contributed by atoms with E-state index in [1.165, 1.54) is 5.56 Å². The molecule has 2 unspecified atom stereocenters. The standard InChI is InChI=1S/C20H25NO2/c1-20(16-22,18-10-6-3-7-11-18)19-15-21(12-13-23-19)14-17-8-4-2-5-9-17/h2-11,19,22H,12-16H2,1H3. The average Bonchev–Trinajstić information content (AvgIpc) is 2.63. The van der Waals surface area contributed by atoms with E-state index < -0.39 is 0 Å². The Hall–Kier alpha value is -1.68. The number of aliphatic hydroxyl groups excluding tert-OH is 1. The first-order valence-corrected chi connectivity index (χ1v) is 8.26. The number of morpholine rings is 1. The molecule has 0 radical (unpaired) electrons. The van der Waals surface area contributed by atoms with Crippen LogP contribution >= 0.6 is 0 Å². The first-order valence-electron chi connectivity index (χ1n) is 8.26. The summed E-state index contributed by atoms with van der Waals surface area (Å²) < 4.78 is 6.05. The van der Waals surface area contributed by atoms with E-state index in [1.54, 1.807) is 0 Å². The molecule has 3 nitrogen and oxygen atoms in total. The van der Waals surface area contributed by atoms with Crippen molar-refractivity contribution < 1.29 is 9.84 Å². The second-order valence-corrected chi connectivity index (χ2v) is 6.52. The van der Waals surface area contributed by atoms with Crippen LogP contribution in [0, 0.1) is 0 Å². The molecule has 0 spiro atoms. The number of rotatable bonds is 5. The molecule has 1 N–H and O–H groups in total. The van der Waals surface area contributed by atoms with Crippen molar-refractivity contribution in [2.24, 2.45) is 0 Å². The van der Waals surface area contributed by atoms with Crippen LogP contribution in [-0.4, -0.2) is 42.4 Å². The molecule has 23 heavy (non-hydrogen) atoms. The summed E-state index contributed by atoms with van der Waals surface area (Å²) in [5, 5.41) is 10.1. The lowest BCUT2D eigenvalue weighted by Gasteiger charge is -2.42. The normalized spacial score (nSPS) is 21.7. The molecule has 3 heteroatoms. The van der Waals surface area contributed by atoms with Crippen LogP contribution in [0.4, 0.5) is 0 Å². The molecule has 1 fully saturated rings. The van der Waals surface area contributed by atoms with Gasteiger partial charge in [0.25, 0.3) is 0 Å². The van der Waals surface area contributed by atoms with Crippen LogP contribution < -0.4 is 0 Å². The van der Waals surface area contributed by atoms with Gasteiger partial charge in [-0.1, -0.05) is 67.6 Å². The van der Waals surface area contributed by atoms with E-state index in [4.69, 9.17) is 4.74 Å². The summed E-state index contributed by atoms with van der Waals surface area (Å²) in [6.45, 7) is 5.58. The van der Waals surface area contributed by atoms with Crippen LogP contribution in [0.3, 0.4) is 0 Å². The summed E-state index contributed by atoms with van der Waals surface area (Å²) >= 11 is 0. The van der Waals surface area contributed by atoms with E-state index in [1.807, 2.05) is 24.3 Å². The van der Waals surface area contributed by atoms with E-state index in [9.17, 15) is 5.11 Å². The van der Waals surface area contributed by atoms with E-state index in [0.29, 0.717) is 6.61 Å². The molecule has 0 saturated carbocycles. The Kier molecular flexibility index (Phi) is 5.11. The van der Waals surface area contributed by atoms with Crippen molar-refractivity contribution in [1.29, 1.82) is 0 Å². The number of benzene rings is 2. The zero-order chi connectivity index (χ0) is 16.1. The lowest BCUT2D eigenvalue weighted by atomic mass is 9.77. The monoisotopic (exact) mass is 311 g/mol. The molecule has 1 aliphatic heterocycles. The van der Waals surface area contributed by atoms with Crippen molar-refractivity contribution >= 4 is 0 Å².